The smallest absolute Gasteiger partial charge is 0.255 e. The Labute approximate surface area is 124 Å². The summed E-state index contributed by atoms with van der Waals surface area (Å²) in [6.07, 6.45) is 0.205. The first kappa shape index (κ1) is 15.9. The first-order chi connectivity index (χ1) is 10.1. The molecule has 21 heavy (non-hydrogen) atoms. The van der Waals surface area contributed by atoms with Crippen LogP contribution in [0.3, 0.4) is 0 Å². The van der Waals surface area contributed by atoms with Gasteiger partial charge in [0.1, 0.15) is 0 Å². The zero-order valence-electron chi connectivity index (χ0n) is 12.1. The van der Waals surface area contributed by atoms with Crippen molar-refractivity contribution in [2.24, 2.45) is 5.92 Å². The van der Waals surface area contributed by atoms with Gasteiger partial charge in [0.2, 0.25) is 5.91 Å². The van der Waals surface area contributed by atoms with Gasteiger partial charge in [-0.2, -0.15) is 0 Å². The Hall–Kier alpha value is -1.49. The molecule has 1 N–H and O–H groups in total. The monoisotopic (exact) mass is 296 g/mol. The number of amides is 1. The average molecular weight is 296 g/mol. The molecule has 1 aromatic carbocycles. The Morgan fingerprint density at radius 2 is 2.10 bits per heavy atom. The normalized spacial score (nSPS) is 19.7. The van der Waals surface area contributed by atoms with Gasteiger partial charge in [-0.1, -0.05) is 30.3 Å². The van der Waals surface area contributed by atoms with Gasteiger partial charge in [-0.05, 0) is 31.4 Å². The molecule has 5 heteroatoms. The van der Waals surface area contributed by atoms with Crippen LogP contribution in [0.5, 0.6) is 0 Å². The molecule has 0 aliphatic carbocycles. The average Bonchev–Trinajstić information content (AvgIpc) is 2.52. The van der Waals surface area contributed by atoms with Crippen LogP contribution in [0.2, 0.25) is 0 Å². The summed E-state index contributed by atoms with van der Waals surface area (Å²) in [5.74, 6) is -0.395. The number of carbonyl (C=O) groups is 1. The minimum absolute atomic E-state index is 0.159. The summed E-state index contributed by atoms with van der Waals surface area (Å²) in [5.41, 5.74) is 1.28. The molecular weight excluding hydrogens is 274 g/mol. The van der Waals surface area contributed by atoms with Gasteiger partial charge in [0, 0.05) is 13.1 Å². The second-order valence-corrected chi connectivity index (χ2v) is 5.51. The molecule has 1 saturated heterocycles. The Morgan fingerprint density at radius 3 is 2.81 bits per heavy atom. The summed E-state index contributed by atoms with van der Waals surface area (Å²) in [4.78, 5) is 14.1. The fourth-order valence-electron chi connectivity index (χ4n) is 2.73. The van der Waals surface area contributed by atoms with Crippen LogP contribution in [-0.2, 0) is 11.2 Å². The van der Waals surface area contributed by atoms with E-state index >= 15 is 0 Å². The van der Waals surface area contributed by atoms with Crippen molar-refractivity contribution in [3.8, 4) is 0 Å². The first-order valence-corrected chi connectivity index (χ1v) is 7.47. The number of piperidine rings is 1. The maximum Gasteiger partial charge on any atom is 0.255 e. The maximum absolute atomic E-state index is 12.1. The minimum Gasteiger partial charge on any atom is -0.350 e. The SMILES string of the molecule is O=C(NCC(F)F)C1CCCN(CCc2ccccc2)C1. The van der Waals surface area contributed by atoms with Crippen LogP contribution in [0, 0.1) is 5.92 Å². The molecule has 2 rings (SSSR count). The molecule has 1 aliphatic rings. The molecule has 0 aromatic heterocycles. The van der Waals surface area contributed by atoms with Gasteiger partial charge in [0.15, 0.2) is 0 Å². The second kappa shape index (κ2) is 8.08. The van der Waals surface area contributed by atoms with Gasteiger partial charge >= 0.3 is 0 Å². The highest BCUT2D eigenvalue weighted by Gasteiger charge is 2.25. The van der Waals surface area contributed by atoms with Gasteiger partial charge in [0.05, 0.1) is 12.5 Å². The van der Waals surface area contributed by atoms with Crippen molar-refractivity contribution >= 4 is 5.91 Å². The fourth-order valence-corrected chi connectivity index (χ4v) is 2.73. The molecule has 1 amide bonds. The van der Waals surface area contributed by atoms with E-state index in [0.717, 1.165) is 32.4 Å². The largest absolute Gasteiger partial charge is 0.350 e. The molecule has 3 nitrogen and oxygen atoms in total. The second-order valence-electron chi connectivity index (χ2n) is 5.51. The fraction of sp³-hybridized carbons (Fsp3) is 0.562. The van der Waals surface area contributed by atoms with Crippen LogP contribution in [0.1, 0.15) is 18.4 Å². The number of rotatable bonds is 6. The lowest BCUT2D eigenvalue weighted by molar-refractivity contribution is -0.127. The molecule has 1 aliphatic heterocycles. The lowest BCUT2D eigenvalue weighted by Gasteiger charge is -2.32. The predicted molar refractivity (Wildman–Crippen MR) is 78.3 cm³/mol. The molecule has 1 fully saturated rings. The van der Waals surface area contributed by atoms with Gasteiger partial charge in [0.25, 0.3) is 6.43 Å². The van der Waals surface area contributed by atoms with Gasteiger partial charge in [-0.3, -0.25) is 4.79 Å². The Kier molecular flexibility index (Phi) is 6.11. The summed E-state index contributed by atoms with van der Waals surface area (Å²) < 4.78 is 24.2. The number of hydrogen-bond acceptors (Lipinski definition) is 2. The first-order valence-electron chi connectivity index (χ1n) is 7.47. The van der Waals surface area contributed by atoms with Crippen LogP contribution in [0.15, 0.2) is 30.3 Å². The van der Waals surface area contributed by atoms with Crippen molar-refractivity contribution in [2.75, 3.05) is 26.2 Å². The van der Waals surface area contributed by atoms with Gasteiger partial charge in [-0.25, -0.2) is 8.78 Å². The van der Waals surface area contributed by atoms with E-state index in [1.807, 2.05) is 18.2 Å². The Bertz CT molecular complexity index is 439. The standard InChI is InChI=1S/C16H22F2N2O/c17-15(18)11-19-16(21)14-7-4-9-20(12-14)10-8-13-5-2-1-3-6-13/h1-3,5-6,14-15H,4,7-12H2,(H,19,21). The van der Waals surface area contributed by atoms with Gasteiger partial charge < -0.3 is 10.2 Å². The zero-order valence-corrected chi connectivity index (χ0v) is 12.1. The lowest BCUT2D eigenvalue weighted by atomic mass is 9.96. The molecule has 1 unspecified atom stereocenters. The minimum atomic E-state index is -2.48. The molecule has 0 spiro atoms. The zero-order chi connectivity index (χ0) is 15.1. The molecule has 0 bridgehead atoms. The molecule has 1 aromatic rings. The van der Waals surface area contributed by atoms with Crippen molar-refractivity contribution in [1.82, 2.24) is 10.2 Å². The van der Waals surface area contributed by atoms with Crippen molar-refractivity contribution in [2.45, 2.75) is 25.7 Å². The number of likely N-dealkylation sites (tertiary alicyclic amines) is 1. The molecule has 0 radical (unpaired) electrons. The predicted octanol–water partition coefficient (Wildman–Crippen LogP) is 2.32. The van der Waals surface area contributed by atoms with E-state index in [9.17, 15) is 13.6 Å². The van der Waals surface area contributed by atoms with Gasteiger partial charge in [-0.15, -0.1) is 0 Å². The lowest BCUT2D eigenvalue weighted by Crippen LogP contribution is -2.44. The summed E-state index contributed by atoms with van der Waals surface area (Å²) >= 11 is 0. The molecule has 1 heterocycles. The number of benzene rings is 1. The highest BCUT2D eigenvalue weighted by Crippen LogP contribution is 2.17. The van der Waals surface area contributed by atoms with E-state index in [4.69, 9.17) is 0 Å². The summed E-state index contributed by atoms with van der Waals surface area (Å²) in [7, 11) is 0. The highest BCUT2D eigenvalue weighted by molar-refractivity contribution is 5.78. The van der Waals surface area contributed by atoms with Crippen LogP contribution in [0.25, 0.3) is 0 Å². The number of hydrogen-bond donors (Lipinski definition) is 1. The third kappa shape index (κ3) is 5.42. The van der Waals surface area contributed by atoms with Crippen molar-refractivity contribution < 1.29 is 13.6 Å². The van der Waals surface area contributed by atoms with Crippen molar-refractivity contribution in [3.05, 3.63) is 35.9 Å². The topological polar surface area (TPSA) is 32.3 Å². The van der Waals surface area contributed by atoms with Crippen LogP contribution in [0.4, 0.5) is 8.78 Å². The third-order valence-electron chi connectivity index (χ3n) is 3.87. The van der Waals surface area contributed by atoms with E-state index in [2.05, 4.69) is 22.3 Å². The van der Waals surface area contributed by atoms with Crippen molar-refractivity contribution in [1.29, 1.82) is 0 Å². The molecule has 0 saturated carbocycles. The summed E-state index contributed by atoms with van der Waals surface area (Å²) in [6.45, 7) is 2.01. The molecule has 1 atom stereocenters. The quantitative estimate of drug-likeness (QED) is 0.874. The molecular formula is C16H22F2N2O. The highest BCUT2D eigenvalue weighted by atomic mass is 19.3. The van der Waals surface area contributed by atoms with E-state index < -0.39 is 13.0 Å². The number of halogens is 2. The van der Waals surface area contributed by atoms with Crippen LogP contribution >= 0.6 is 0 Å². The van der Waals surface area contributed by atoms with E-state index in [0.29, 0.717) is 6.54 Å². The molecule has 116 valence electrons. The number of nitrogens with zero attached hydrogens (tertiary/aromatic N) is 1. The number of alkyl halides is 2. The van der Waals surface area contributed by atoms with Crippen LogP contribution in [-0.4, -0.2) is 43.4 Å². The third-order valence-corrected chi connectivity index (χ3v) is 3.87. The summed E-state index contributed by atoms with van der Waals surface area (Å²) in [5, 5.41) is 2.33. The number of carbonyl (C=O) groups excluding carboxylic acids is 1. The van der Waals surface area contributed by atoms with E-state index in [1.165, 1.54) is 5.56 Å². The summed E-state index contributed by atoms with van der Waals surface area (Å²) in [6, 6.07) is 10.2. The van der Waals surface area contributed by atoms with E-state index in [1.54, 1.807) is 0 Å². The Balaban J connectivity index is 1.76. The number of nitrogens with one attached hydrogen (secondary N) is 1. The van der Waals surface area contributed by atoms with Crippen molar-refractivity contribution in [3.63, 3.8) is 0 Å². The maximum atomic E-state index is 12.1. The Morgan fingerprint density at radius 1 is 1.33 bits per heavy atom. The van der Waals surface area contributed by atoms with E-state index in [-0.39, 0.29) is 11.8 Å². The van der Waals surface area contributed by atoms with Crippen LogP contribution < -0.4 is 5.32 Å².